The minimum Gasteiger partial charge on any atom is -0.315 e. The molecule has 0 bridgehead atoms. The molecule has 0 aromatic heterocycles. The van der Waals surface area contributed by atoms with Gasteiger partial charge in [-0.15, -0.1) is 0 Å². The van der Waals surface area contributed by atoms with Crippen molar-refractivity contribution in [3.8, 4) is 0 Å². The number of rotatable bonds is 7. The first-order valence-electron chi connectivity index (χ1n) is 10.0. The first-order valence-corrected chi connectivity index (χ1v) is 10.0. The summed E-state index contributed by atoms with van der Waals surface area (Å²) in [4.78, 5) is 1.61. The zero-order chi connectivity index (χ0) is 25.0. The molecule has 33 heavy (non-hydrogen) atoms. The van der Waals surface area contributed by atoms with Crippen LogP contribution in [0.3, 0.4) is 0 Å². The molecule has 0 aliphatic heterocycles. The van der Waals surface area contributed by atoms with Crippen LogP contribution in [0.2, 0.25) is 0 Å². The molecule has 1 nitrogen and oxygen atoms in total. The normalized spacial score (nSPS) is 13.3. The lowest BCUT2D eigenvalue weighted by Gasteiger charge is -2.38. The highest BCUT2D eigenvalue weighted by Crippen LogP contribution is 2.56. The lowest BCUT2D eigenvalue weighted by atomic mass is 9.72. The van der Waals surface area contributed by atoms with Crippen molar-refractivity contribution in [2.45, 2.75) is 38.5 Å². The lowest BCUT2D eigenvalue weighted by Crippen LogP contribution is -2.54. The second kappa shape index (κ2) is 9.73. The molecule has 176 valence electrons. The smallest absolute Gasteiger partial charge is 0.315 e. The molecule has 2 rings (SSSR count). The topological polar surface area (TPSA) is 3.24 Å². The standard InChI is InChI=1S/C26H25F6N/c1-6-8-19(4)33(20(5)9-7-2)23-16-14-22(15-17-23)24(25(27,28)29,26(30,31)32)21-12-10-18(3)11-13-21/h6-17H,1,5H2,2-4H3/b9-7-,19-8+. The van der Waals surface area contributed by atoms with E-state index in [9.17, 15) is 26.3 Å². The quantitative estimate of drug-likeness (QED) is 0.293. The van der Waals surface area contributed by atoms with Gasteiger partial charge in [0, 0.05) is 17.1 Å². The first kappa shape index (κ1) is 26.0. The summed E-state index contributed by atoms with van der Waals surface area (Å²) in [6.45, 7) is 12.6. The summed E-state index contributed by atoms with van der Waals surface area (Å²) in [5.74, 6) is 0. The van der Waals surface area contributed by atoms with Crippen LogP contribution in [0.15, 0.2) is 97.4 Å². The van der Waals surface area contributed by atoms with Crippen LogP contribution in [0, 0.1) is 6.92 Å². The minimum absolute atomic E-state index is 0.361. The highest BCUT2D eigenvalue weighted by molar-refractivity contribution is 5.61. The predicted molar refractivity (Wildman–Crippen MR) is 121 cm³/mol. The van der Waals surface area contributed by atoms with Gasteiger partial charge in [0.25, 0.3) is 0 Å². The van der Waals surface area contributed by atoms with Crippen molar-refractivity contribution in [3.63, 3.8) is 0 Å². The summed E-state index contributed by atoms with van der Waals surface area (Å²) in [5, 5.41) is 0. The Labute approximate surface area is 190 Å². The molecular weight excluding hydrogens is 440 g/mol. The average Bonchev–Trinajstić information content (AvgIpc) is 2.69. The molecule has 0 heterocycles. The average molecular weight is 465 g/mol. The number of allylic oxidation sites excluding steroid dienone is 5. The molecule has 0 radical (unpaired) electrons. The Morgan fingerprint density at radius 2 is 1.30 bits per heavy atom. The SMILES string of the molecule is C=C/C=C(\C)N(C(=C)/C=C\C)c1ccc(C(c2ccc(C)cc2)(C(F)(F)F)C(F)(F)F)cc1. The van der Waals surface area contributed by atoms with Gasteiger partial charge in [-0.05, 0) is 56.2 Å². The van der Waals surface area contributed by atoms with Crippen molar-refractivity contribution in [1.29, 1.82) is 0 Å². The number of benzene rings is 2. The lowest BCUT2D eigenvalue weighted by molar-refractivity contribution is -0.288. The van der Waals surface area contributed by atoms with Crippen molar-refractivity contribution in [1.82, 2.24) is 0 Å². The fourth-order valence-electron chi connectivity index (χ4n) is 3.75. The maximum absolute atomic E-state index is 14.3. The number of alkyl halides is 6. The number of nitrogens with zero attached hydrogens (tertiary/aromatic N) is 1. The van der Waals surface area contributed by atoms with Crippen molar-refractivity contribution < 1.29 is 26.3 Å². The van der Waals surface area contributed by atoms with Crippen molar-refractivity contribution in [2.75, 3.05) is 4.90 Å². The zero-order valence-corrected chi connectivity index (χ0v) is 18.6. The number of anilines is 1. The Hall–Kier alpha value is -3.22. The van der Waals surface area contributed by atoms with Crippen LogP contribution in [0.1, 0.15) is 30.5 Å². The Bertz CT molecular complexity index is 1020. The van der Waals surface area contributed by atoms with E-state index in [4.69, 9.17) is 0 Å². The van der Waals surface area contributed by atoms with Crippen LogP contribution >= 0.6 is 0 Å². The Kier molecular flexibility index (Phi) is 7.68. The van der Waals surface area contributed by atoms with Gasteiger partial charge >= 0.3 is 12.4 Å². The summed E-state index contributed by atoms with van der Waals surface area (Å²) in [5.41, 5.74) is -3.96. The monoisotopic (exact) mass is 465 g/mol. The van der Waals surface area contributed by atoms with Gasteiger partial charge in [-0.1, -0.05) is 67.3 Å². The van der Waals surface area contributed by atoms with E-state index < -0.39 is 28.9 Å². The third-order valence-electron chi connectivity index (χ3n) is 5.25. The predicted octanol–water partition coefficient (Wildman–Crippen LogP) is 8.39. The van der Waals surface area contributed by atoms with Crippen LogP contribution < -0.4 is 4.90 Å². The highest BCUT2D eigenvalue weighted by atomic mass is 19.4. The largest absolute Gasteiger partial charge is 0.411 e. The van der Waals surface area contributed by atoms with Crippen LogP contribution in [-0.2, 0) is 5.41 Å². The Balaban J connectivity index is 2.77. The third-order valence-corrected chi connectivity index (χ3v) is 5.25. The van der Waals surface area contributed by atoms with E-state index in [-0.39, 0.29) is 0 Å². The molecule has 0 fully saturated rings. The van der Waals surface area contributed by atoms with Crippen molar-refractivity contribution in [3.05, 3.63) is 114 Å². The van der Waals surface area contributed by atoms with E-state index in [1.54, 1.807) is 43.9 Å². The fourth-order valence-corrected chi connectivity index (χ4v) is 3.75. The van der Waals surface area contributed by atoms with Gasteiger partial charge in [-0.25, -0.2) is 0 Å². The van der Waals surface area contributed by atoms with Gasteiger partial charge < -0.3 is 4.90 Å². The summed E-state index contributed by atoms with van der Waals surface area (Å²) in [6, 6.07) is 8.42. The van der Waals surface area contributed by atoms with E-state index in [0.717, 1.165) is 24.3 Å². The van der Waals surface area contributed by atoms with Gasteiger partial charge in [0.2, 0.25) is 5.41 Å². The maximum atomic E-state index is 14.3. The summed E-state index contributed by atoms with van der Waals surface area (Å²) in [7, 11) is 0. The zero-order valence-electron chi connectivity index (χ0n) is 18.6. The van der Waals surface area contributed by atoms with Crippen molar-refractivity contribution >= 4 is 5.69 Å². The van der Waals surface area contributed by atoms with Crippen LogP contribution in [0.4, 0.5) is 32.0 Å². The molecule has 0 amide bonds. The number of hydrogen-bond donors (Lipinski definition) is 0. The van der Waals surface area contributed by atoms with Crippen LogP contribution in [0.25, 0.3) is 0 Å². The van der Waals surface area contributed by atoms with E-state index in [1.165, 1.54) is 30.3 Å². The maximum Gasteiger partial charge on any atom is 0.411 e. The molecular formula is C26H25F6N. The van der Waals surface area contributed by atoms with Crippen molar-refractivity contribution in [2.24, 2.45) is 0 Å². The van der Waals surface area contributed by atoms with E-state index in [0.29, 0.717) is 22.6 Å². The number of aryl methyl sites for hydroxylation is 1. The molecule has 0 saturated heterocycles. The van der Waals surface area contributed by atoms with E-state index in [2.05, 4.69) is 13.2 Å². The Morgan fingerprint density at radius 3 is 1.70 bits per heavy atom. The van der Waals surface area contributed by atoms with Gasteiger partial charge in [0.05, 0.1) is 0 Å². The molecule has 0 unspecified atom stereocenters. The Morgan fingerprint density at radius 1 is 0.848 bits per heavy atom. The molecule has 0 atom stereocenters. The molecule has 0 spiro atoms. The van der Waals surface area contributed by atoms with E-state index in [1.807, 2.05) is 0 Å². The minimum atomic E-state index is -5.63. The molecule has 0 aliphatic carbocycles. The molecule has 7 heteroatoms. The first-order chi connectivity index (χ1) is 15.3. The molecule has 2 aromatic carbocycles. The summed E-state index contributed by atoms with van der Waals surface area (Å²) in [6.07, 6.45) is -4.68. The summed E-state index contributed by atoms with van der Waals surface area (Å²) < 4.78 is 85.7. The van der Waals surface area contributed by atoms with Gasteiger partial charge in [0.15, 0.2) is 0 Å². The second-order valence-electron chi connectivity index (χ2n) is 7.53. The van der Waals surface area contributed by atoms with E-state index >= 15 is 0 Å². The van der Waals surface area contributed by atoms with Gasteiger partial charge in [0.1, 0.15) is 0 Å². The highest BCUT2D eigenvalue weighted by Gasteiger charge is 2.72. The van der Waals surface area contributed by atoms with Gasteiger partial charge in [-0.3, -0.25) is 0 Å². The van der Waals surface area contributed by atoms with Crippen LogP contribution in [-0.4, -0.2) is 12.4 Å². The van der Waals surface area contributed by atoms with Crippen LogP contribution in [0.5, 0.6) is 0 Å². The second-order valence-corrected chi connectivity index (χ2v) is 7.53. The number of hydrogen-bond acceptors (Lipinski definition) is 1. The van der Waals surface area contributed by atoms with Gasteiger partial charge in [-0.2, -0.15) is 26.3 Å². The molecule has 2 aromatic rings. The summed E-state index contributed by atoms with van der Waals surface area (Å²) >= 11 is 0. The fraction of sp³-hybridized carbons (Fsp3) is 0.231. The molecule has 0 aliphatic rings. The molecule has 0 N–H and O–H groups in total. The third kappa shape index (κ3) is 4.92. The molecule has 0 saturated carbocycles. The number of halogens is 6.